The van der Waals surface area contributed by atoms with E-state index in [4.69, 9.17) is 0 Å². The van der Waals surface area contributed by atoms with Crippen LogP contribution in [0.3, 0.4) is 0 Å². The van der Waals surface area contributed by atoms with Crippen LogP contribution in [-0.2, 0) is 4.79 Å². The zero-order chi connectivity index (χ0) is 14.1. The van der Waals surface area contributed by atoms with Gasteiger partial charge in [-0.15, -0.1) is 0 Å². The highest BCUT2D eigenvalue weighted by Gasteiger charge is 2.34. The van der Waals surface area contributed by atoms with Crippen LogP contribution in [0.5, 0.6) is 0 Å². The zero-order valence-corrected chi connectivity index (χ0v) is 12.7. The number of piperidine rings is 1. The van der Waals surface area contributed by atoms with E-state index in [2.05, 4.69) is 26.6 Å². The first kappa shape index (κ1) is 14.0. The number of hydrogen-bond acceptors (Lipinski definition) is 2. The molecule has 2 aliphatic rings. The molecule has 0 aliphatic carbocycles. The molecule has 2 fully saturated rings. The first-order chi connectivity index (χ1) is 9.60. The molecule has 0 spiro atoms. The SMILES string of the molecule is O=C(CC1CC2CCC(C1)N2)Nc1ccc(F)cc1Br. The van der Waals surface area contributed by atoms with Crippen LogP contribution < -0.4 is 10.6 Å². The molecule has 20 heavy (non-hydrogen) atoms. The molecule has 1 aromatic rings. The third kappa shape index (κ3) is 3.20. The number of rotatable bonds is 3. The van der Waals surface area contributed by atoms with Crippen LogP contribution in [0.1, 0.15) is 32.1 Å². The number of fused-ring (bicyclic) bond motifs is 2. The Kier molecular flexibility index (Phi) is 4.08. The summed E-state index contributed by atoms with van der Waals surface area (Å²) in [6.45, 7) is 0. The minimum Gasteiger partial charge on any atom is -0.325 e. The van der Waals surface area contributed by atoms with E-state index in [1.165, 1.54) is 25.0 Å². The van der Waals surface area contributed by atoms with Gasteiger partial charge in [0.2, 0.25) is 5.91 Å². The van der Waals surface area contributed by atoms with E-state index in [-0.39, 0.29) is 11.7 Å². The molecule has 1 aromatic carbocycles. The van der Waals surface area contributed by atoms with Gasteiger partial charge in [0.05, 0.1) is 5.69 Å². The van der Waals surface area contributed by atoms with Crippen molar-refractivity contribution in [2.45, 2.75) is 44.2 Å². The van der Waals surface area contributed by atoms with Crippen LogP contribution in [0.15, 0.2) is 22.7 Å². The lowest BCUT2D eigenvalue weighted by atomic mass is 9.89. The summed E-state index contributed by atoms with van der Waals surface area (Å²) in [5.74, 6) is 0.168. The van der Waals surface area contributed by atoms with E-state index in [0.29, 0.717) is 34.6 Å². The predicted molar refractivity (Wildman–Crippen MR) is 80.0 cm³/mol. The number of amides is 1. The van der Waals surface area contributed by atoms with Crippen LogP contribution in [0, 0.1) is 11.7 Å². The van der Waals surface area contributed by atoms with Crippen molar-refractivity contribution in [3.8, 4) is 0 Å². The summed E-state index contributed by atoms with van der Waals surface area (Å²) < 4.78 is 13.6. The molecule has 0 radical (unpaired) electrons. The first-order valence-corrected chi connectivity index (χ1v) is 7.90. The quantitative estimate of drug-likeness (QED) is 0.884. The Labute approximate surface area is 126 Å². The van der Waals surface area contributed by atoms with Crippen molar-refractivity contribution >= 4 is 27.5 Å². The van der Waals surface area contributed by atoms with Gasteiger partial charge < -0.3 is 10.6 Å². The van der Waals surface area contributed by atoms with Crippen LogP contribution in [0.4, 0.5) is 10.1 Å². The molecule has 2 bridgehead atoms. The topological polar surface area (TPSA) is 41.1 Å². The van der Waals surface area contributed by atoms with Crippen molar-refractivity contribution < 1.29 is 9.18 Å². The lowest BCUT2D eigenvalue weighted by Crippen LogP contribution is -2.39. The second kappa shape index (κ2) is 5.82. The Morgan fingerprint density at radius 3 is 2.70 bits per heavy atom. The standard InChI is InChI=1S/C15H18BrFN2O/c16-13-8-10(17)1-4-14(13)19-15(20)7-9-5-11-2-3-12(6-9)18-11/h1,4,8-9,11-12,18H,2-3,5-7H2,(H,19,20). The molecule has 2 atom stereocenters. The van der Waals surface area contributed by atoms with Gasteiger partial charge in [-0.25, -0.2) is 4.39 Å². The molecular weight excluding hydrogens is 323 g/mol. The van der Waals surface area contributed by atoms with Crippen LogP contribution >= 0.6 is 15.9 Å². The average Bonchev–Trinajstić information content (AvgIpc) is 2.72. The fourth-order valence-corrected chi connectivity index (χ4v) is 3.85. The van der Waals surface area contributed by atoms with E-state index in [1.54, 1.807) is 6.07 Å². The van der Waals surface area contributed by atoms with E-state index in [1.807, 2.05) is 0 Å². The molecule has 0 saturated carbocycles. The molecule has 3 nitrogen and oxygen atoms in total. The zero-order valence-electron chi connectivity index (χ0n) is 11.2. The molecule has 1 amide bonds. The summed E-state index contributed by atoms with van der Waals surface area (Å²) in [6, 6.07) is 5.50. The van der Waals surface area contributed by atoms with Crippen molar-refractivity contribution in [2.75, 3.05) is 5.32 Å². The second-order valence-corrected chi connectivity index (χ2v) is 6.71. The Morgan fingerprint density at radius 2 is 2.05 bits per heavy atom. The summed E-state index contributed by atoms with van der Waals surface area (Å²) in [5, 5.41) is 6.44. The molecule has 2 N–H and O–H groups in total. The highest BCUT2D eigenvalue weighted by molar-refractivity contribution is 9.10. The maximum Gasteiger partial charge on any atom is 0.224 e. The fraction of sp³-hybridized carbons (Fsp3) is 0.533. The molecule has 2 saturated heterocycles. The normalized spacial score (nSPS) is 28.4. The van der Waals surface area contributed by atoms with Crippen molar-refractivity contribution in [3.63, 3.8) is 0 Å². The van der Waals surface area contributed by atoms with Crippen molar-refractivity contribution in [1.29, 1.82) is 0 Å². The van der Waals surface area contributed by atoms with Gasteiger partial charge in [-0.1, -0.05) is 0 Å². The first-order valence-electron chi connectivity index (χ1n) is 7.11. The maximum absolute atomic E-state index is 13.0. The highest BCUT2D eigenvalue weighted by Crippen LogP contribution is 2.33. The van der Waals surface area contributed by atoms with Gasteiger partial charge >= 0.3 is 0 Å². The molecule has 0 aromatic heterocycles. The van der Waals surface area contributed by atoms with Gasteiger partial charge in [0.15, 0.2) is 0 Å². The lowest BCUT2D eigenvalue weighted by Gasteiger charge is -2.28. The van der Waals surface area contributed by atoms with E-state index >= 15 is 0 Å². The summed E-state index contributed by atoms with van der Waals surface area (Å²) >= 11 is 3.27. The Morgan fingerprint density at radius 1 is 1.35 bits per heavy atom. The molecular formula is C15H18BrFN2O. The summed E-state index contributed by atoms with van der Waals surface area (Å²) in [4.78, 5) is 12.1. The van der Waals surface area contributed by atoms with Crippen molar-refractivity contribution in [1.82, 2.24) is 5.32 Å². The maximum atomic E-state index is 13.0. The molecule has 5 heteroatoms. The van der Waals surface area contributed by atoms with Gasteiger partial charge in [-0.2, -0.15) is 0 Å². The number of carbonyl (C=O) groups excluding carboxylic acids is 1. The minimum atomic E-state index is -0.315. The summed E-state index contributed by atoms with van der Waals surface area (Å²) in [7, 11) is 0. The Bertz CT molecular complexity index is 511. The van der Waals surface area contributed by atoms with E-state index in [9.17, 15) is 9.18 Å². The molecule has 2 heterocycles. The van der Waals surface area contributed by atoms with E-state index < -0.39 is 0 Å². The van der Waals surface area contributed by atoms with Gasteiger partial charge in [0.25, 0.3) is 0 Å². The highest BCUT2D eigenvalue weighted by atomic mass is 79.9. The number of hydrogen-bond donors (Lipinski definition) is 2. The predicted octanol–water partition coefficient (Wildman–Crippen LogP) is 3.45. The van der Waals surface area contributed by atoms with Gasteiger partial charge in [-0.3, -0.25) is 4.79 Å². The fourth-order valence-electron chi connectivity index (χ4n) is 3.40. The monoisotopic (exact) mass is 340 g/mol. The molecule has 108 valence electrons. The third-order valence-corrected chi connectivity index (χ3v) is 4.91. The lowest BCUT2D eigenvalue weighted by molar-refractivity contribution is -0.117. The molecule has 2 unspecified atom stereocenters. The minimum absolute atomic E-state index is 0.0172. The third-order valence-electron chi connectivity index (χ3n) is 4.25. The number of carbonyl (C=O) groups is 1. The number of halogens is 2. The van der Waals surface area contributed by atoms with Crippen LogP contribution in [0.25, 0.3) is 0 Å². The van der Waals surface area contributed by atoms with Crippen molar-refractivity contribution in [3.05, 3.63) is 28.5 Å². The summed E-state index contributed by atoms with van der Waals surface area (Å²) in [6.07, 6.45) is 5.22. The molecule has 2 aliphatic heterocycles. The van der Waals surface area contributed by atoms with Gasteiger partial charge in [0, 0.05) is 23.0 Å². The van der Waals surface area contributed by atoms with Gasteiger partial charge in [-0.05, 0) is 65.7 Å². The number of benzene rings is 1. The van der Waals surface area contributed by atoms with Gasteiger partial charge in [0.1, 0.15) is 5.82 Å². The largest absolute Gasteiger partial charge is 0.325 e. The number of nitrogens with one attached hydrogen (secondary N) is 2. The van der Waals surface area contributed by atoms with E-state index in [0.717, 1.165) is 12.8 Å². The van der Waals surface area contributed by atoms with Crippen LogP contribution in [0.2, 0.25) is 0 Å². The average molecular weight is 341 g/mol. The molecule has 3 rings (SSSR count). The Balaban J connectivity index is 1.57. The van der Waals surface area contributed by atoms with Crippen molar-refractivity contribution in [2.24, 2.45) is 5.92 Å². The smallest absolute Gasteiger partial charge is 0.224 e. The second-order valence-electron chi connectivity index (χ2n) is 5.85. The number of anilines is 1. The van der Waals surface area contributed by atoms with Crippen LogP contribution in [-0.4, -0.2) is 18.0 Å². The Hall–Kier alpha value is -0.940. The summed E-state index contributed by atoms with van der Waals surface area (Å²) in [5.41, 5.74) is 0.633.